The standard InChI is InChI=1S/C16H14BrN3O2/c1-2-11-5-6-14(13(17)8-11)21-10-15-19-16(20-22-15)12-4-3-7-18-9-12/h3-9H,2,10H2,1H3. The van der Waals surface area contributed by atoms with Crippen LogP contribution < -0.4 is 4.74 Å². The highest BCUT2D eigenvalue weighted by Crippen LogP contribution is 2.27. The summed E-state index contributed by atoms with van der Waals surface area (Å²) in [5.74, 6) is 1.68. The van der Waals surface area contributed by atoms with Crippen molar-refractivity contribution in [2.45, 2.75) is 20.0 Å². The van der Waals surface area contributed by atoms with Crippen molar-refractivity contribution >= 4 is 15.9 Å². The Balaban J connectivity index is 1.69. The second-order valence-corrected chi connectivity index (χ2v) is 5.51. The van der Waals surface area contributed by atoms with E-state index >= 15 is 0 Å². The van der Waals surface area contributed by atoms with Gasteiger partial charge in [-0.2, -0.15) is 4.98 Å². The fraction of sp³-hybridized carbons (Fsp3) is 0.188. The molecule has 0 atom stereocenters. The Bertz CT molecular complexity index is 759. The summed E-state index contributed by atoms with van der Waals surface area (Å²) in [5, 5.41) is 3.93. The number of pyridine rings is 1. The number of hydrogen-bond donors (Lipinski definition) is 0. The van der Waals surface area contributed by atoms with Crippen LogP contribution in [0.25, 0.3) is 11.4 Å². The lowest BCUT2D eigenvalue weighted by Gasteiger charge is -2.07. The molecule has 0 saturated heterocycles. The van der Waals surface area contributed by atoms with Crippen molar-refractivity contribution in [1.82, 2.24) is 15.1 Å². The van der Waals surface area contributed by atoms with Gasteiger partial charge in [0, 0.05) is 18.0 Å². The molecule has 112 valence electrons. The van der Waals surface area contributed by atoms with E-state index in [2.05, 4.69) is 38.0 Å². The topological polar surface area (TPSA) is 61.0 Å². The molecular formula is C16H14BrN3O2. The second-order valence-electron chi connectivity index (χ2n) is 4.66. The SMILES string of the molecule is CCc1ccc(OCc2nc(-c3cccnc3)no2)c(Br)c1. The number of ether oxygens (including phenoxy) is 1. The molecule has 0 amide bonds. The van der Waals surface area contributed by atoms with Gasteiger partial charge in [0.1, 0.15) is 5.75 Å². The molecule has 0 fully saturated rings. The largest absolute Gasteiger partial charge is 0.483 e. The van der Waals surface area contributed by atoms with Crippen LogP contribution in [0.3, 0.4) is 0 Å². The second kappa shape index (κ2) is 6.70. The lowest BCUT2D eigenvalue weighted by Crippen LogP contribution is -1.97. The first-order valence-corrected chi connectivity index (χ1v) is 7.69. The van der Waals surface area contributed by atoms with Crippen molar-refractivity contribution in [2.75, 3.05) is 0 Å². The Hall–Kier alpha value is -2.21. The molecule has 3 aromatic rings. The smallest absolute Gasteiger partial charge is 0.264 e. The monoisotopic (exact) mass is 359 g/mol. The van der Waals surface area contributed by atoms with Gasteiger partial charge in [-0.05, 0) is 52.2 Å². The summed E-state index contributed by atoms with van der Waals surface area (Å²) in [6.45, 7) is 2.33. The fourth-order valence-electron chi connectivity index (χ4n) is 1.95. The molecule has 2 aromatic heterocycles. The van der Waals surface area contributed by atoms with Crippen LogP contribution in [0.4, 0.5) is 0 Å². The summed E-state index contributed by atoms with van der Waals surface area (Å²) >= 11 is 3.50. The Kier molecular flexibility index (Phi) is 4.48. The molecule has 0 bridgehead atoms. The third kappa shape index (κ3) is 3.33. The van der Waals surface area contributed by atoms with Crippen LogP contribution in [0, 0.1) is 0 Å². The Morgan fingerprint density at radius 2 is 2.18 bits per heavy atom. The molecule has 0 saturated carbocycles. The van der Waals surface area contributed by atoms with E-state index in [0.29, 0.717) is 11.7 Å². The number of rotatable bonds is 5. The average molecular weight is 360 g/mol. The summed E-state index contributed by atoms with van der Waals surface area (Å²) in [5.41, 5.74) is 2.06. The van der Waals surface area contributed by atoms with Gasteiger partial charge < -0.3 is 9.26 Å². The van der Waals surface area contributed by atoms with Gasteiger partial charge in [-0.25, -0.2) is 0 Å². The summed E-state index contributed by atoms with van der Waals surface area (Å²) in [4.78, 5) is 8.33. The number of hydrogen-bond acceptors (Lipinski definition) is 5. The van der Waals surface area contributed by atoms with Gasteiger partial charge in [-0.3, -0.25) is 4.98 Å². The maximum atomic E-state index is 5.71. The molecule has 0 spiro atoms. The van der Waals surface area contributed by atoms with Gasteiger partial charge in [0.05, 0.1) is 4.47 Å². The molecular weight excluding hydrogens is 346 g/mol. The molecule has 6 heteroatoms. The number of benzene rings is 1. The molecule has 2 heterocycles. The van der Waals surface area contributed by atoms with Crippen molar-refractivity contribution in [1.29, 1.82) is 0 Å². The minimum absolute atomic E-state index is 0.220. The third-order valence-corrected chi connectivity index (χ3v) is 3.76. The zero-order chi connectivity index (χ0) is 15.4. The Labute approximate surface area is 136 Å². The van der Waals surface area contributed by atoms with E-state index in [1.807, 2.05) is 30.3 Å². The van der Waals surface area contributed by atoms with E-state index in [1.165, 1.54) is 5.56 Å². The molecule has 0 radical (unpaired) electrons. The first-order chi connectivity index (χ1) is 10.8. The van der Waals surface area contributed by atoms with Gasteiger partial charge >= 0.3 is 0 Å². The Morgan fingerprint density at radius 1 is 1.27 bits per heavy atom. The summed E-state index contributed by atoms with van der Waals surface area (Å²) in [7, 11) is 0. The average Bonchev–Trinajstić information content (AvgIpc) is 3.03. The molecule has 3 rings (SSSR count). The zero-order valence-corrected chi connectivity index (χ0v) is 13.6. The van der Waals surface area contributed by atoms with Gasteiger partial charge in [0.2, 0.25) is 5.82 Å². The number of aromatic nitrogens is 3. The molecule has 5 nitrogen and oxygen atoms in total. The van der Waals surface area contributed by atoms with E-state index in [1.54, 1.807) is 12.4 Å². The fourth-order valence-corrected chi connectivity index (χ4v) is 2.49. The predicted octanol–water partition coefficient (Wildman–Crippen LogP) is 4.04. The number of aryl methyl sites for hydroxylation is 1. The van der Waals surface area contributed by atoms with Gasteiger partial charge in [-0.15, -0.1) is 0 Å². The lowest BCUT2D eigenvalue weighted by molar-refractivity contribution is 0.241. The lowest BCUT2D eigenvalue weighted by atomic mass is 10.2. The molecule has 0 aliphatic carbocycles. The van der Waals surface area contributed by atoms with Crippen molar-refractivity contribution in [3.05, 3.63) is 58.7 Å². The van der Waals surface area contributed by atoms with Crippen molar-refractivity contribution in [3.8, 4) is 17.1 Å². The van der Waals surface area contributed by atoms with Gasteiger partial charge in [0.15, 0.2) is 6.61 Å². The van der Waals surface area contributed by atoms with E-state index in [-0.39, 0.29) is 6.61 Å². The number of halogens is 1. The summed E-state index contributed by atoms with van der Waals surface area (Å²) in [6.07, 6.45) is 4.37. The quantitative estimate of drug-likeness (QED) is 0.687. The van der Waals surface area contributed by atoms with Crippen molar-refractivity contribution in [2.24, 2.45) is 0 Å². The highest BCUT2D eigenvalue weighted by molar-refractivity contribution is 9.10. The number of nitrogens with zero attached hydrogens (tertiary/aromatic N) is 3. The summed E-state index contributed by atoms with van der Waals surface area (Å²) < 4.78 is 11.8. The minimum atomic E-state index is 0.220. The van der Waals surface area contributed by atoms with Crippen LogP contribution >= 0.6 is 15.9 Å². The molecule has 0 aliphatic rings. The molecule has 0 N–H and O–H groups in total. The van der Waals surface area contributed by atoms with E-state index in [4.69, 9.17) is 9.26 Å². The highest BCUT2D eigenvalue weighted by atomic mass is 79.9. The molecule has 0 unspecified atom stereocenters. The van der Waals surface area contributed by atoms with Crippen LogP contribution in [0.2, 0.25) is 0 Å². The highest BCUT2D eigenvalue weighted by Gasteiger charge is 2.10. The molecule has 22 heavy (non-hydrogen) atoms. The van der Waals surface area contributed by atoms with E-state index in [9.17, 15) is 0 Å². The van der Waals surface area contributed by atoms with Crippen LogP contribution in [-0.4, -0.2) is 15.1 Å². The Morgan fingerprint density at radius 3 is 2.91 bits per heavy atom. The third-order valence-electron chi connectivity index (χ3n) is 3.14. The maximum Gasteiger partial charge on any atom is 0.264 e. The molecule has 1 aromatic carbocycles. The maximum absolute atomic E-state index is 5.71. The van der Waals surface area contributed by atoms with Crippen molar-refractivity contribution < 1.29 is 9.26 Å². The first-order valence-electron chi connectivity index (χ1n) is 6.90. The minimum Gasteiger partial charge on any atom is -0.483 e. The van der Waals surface area contributed by atoms with Gasteiger partial charge in [0.25, 0.3) is 5.89 Å². The molecule has 0 aliphatic heterocycles. The summed E-state index contributed by atoms with van der Waals surface area (Å²) in [6, 6.07) is 9.72. The van der Waals surface area contributed by atoms with Crippen LogP contribution in [0.5, 0.6) is 5.75 Å². The zero-order valence-electron chi connectivity index (χ0n) is 12.0. The van der Waals surface area contributed by atoms with Crippen LogP contribution in [0.1, 0.15) is 18.4 Å². The van der Waals surface area contributed by atoms with Crippen LogP contribution in [-0.2, 0) is 13.0 Å². The van der Waals surface area contributed by atoms with Gasteiger partial charge in [-0.1, -0.05) is 18.1 Å². The normalized spacial score (nSPS) is 10.6. The van der Waals surface area contributed by atoms with E-state index < -0.39 is 0 Å². The van der Waals surface area contributed by atoms with Crippen LogP contribution in [0.15, 0.2) is 51.7 Å². The van der Waals surface area contributed by atoms with E-state index in [0.717, 1.165) is 22.2 Å². The van der Waals surface area contributed by atoms with Crippen molar-refractivity contribution in [3.63, 3.8) is 0 Å². The first kappa shape index (κ1) is 14.7. The predicted molar refractivity (Wildman–Crippen MR) is 85.4 cm³/mol.